The maximum absolute atomic E-state index is 11.7. The second kappa shape index (κ2) is 9.85. The highest BCUT2D eigenvalue weighted by Gasteiger charge is 2.13. The van der Waals surface area contributed by atoms with Crippen molar-refractivity contribution >= 4 is 17.7 Å². The highest BCUT2D eigenvalue weighted by Crippen LogP contribution is 2.21. The first-order valence-corrected chi connectivity index (χ1v) is 8.89. The van der Waals surface area contributed by atoms with Crippen molar-refractivity contribution in [3.63, 3.8) is 0 Å². The van der Waals surface area contributed by atoms with Gasteiger partial charge in [0.1, 0.15) is 0 Å². The van der Waals surface area contributed by atoms with Gasteiger partial charge in [0.05, 0.1) is 0 Å². The van der Waals surface area contributed by atoms with E-state index in [9.17, 15) is 4.79 Å². The van der Waals surface area contributed by atoms with Crippen LogP contribution in [0.4, 0.5) is 0 Å². The number of carbonyl (C=O) groups is 1. The van der Waals surface area contributed by atoms with Gasteiger partial charge >= 0.3 is 0 Å². The van der Waals surface area contributed by atoms with E-state index in [1.165, 1.54) is 5.56 Å². The van der Waals surface area contributed by atoms with E-state index in [-0.39, 0.29) is 5.91 Å². The summed E-state index contributed by atoms with van der Waals surface area (Å²) in [5, 5.41) is 3.73. The summed E-state index contributed by atoms with van der Waals surface area (Å²) >= 11 is 1.97. The summed E-state index contributed by atoms with van der Waals surface area (Å²) in [4.78, 5) is 11.7. The molecule has 0 aliphatic carbocycles. The molecule has 0 aromatic heterocycles. The zero-order valence-electron chi connectivity index (χ0n) is 12.6. The van der Waals surface area contributed by atoms with Gasteiger partial charge in [0.25, 0.3) is 0 Å². The second-order valence-corrected chi connectivity index (χ2v) is 6.78. The summed E-state index contributed by atoms with van der Waals surface area (Å²) in [6.07, 6.45) is 4.82. The monoisotopic (exact) mass is 307 g/mol. The lowest BCUT2D eigenvalue weighted by molar-refractivity contribution is -0.121. The predicted molar refractivity (Wildman–Crippen MR) is 88.7 cm³/mol. The third-order valence-electron chi connectivity index (χ3n) is 3.66. The van der Waals surface area contributed by atoms with Gasteiger partial charge in [0.2, 0.25) is 5.91 Å². The van der Waals surface area contributed by atoms with Crippen LogP contribution >= 0.6 is 11.8 Å². The Morgan fingerprint density at radius 3 is 2.76 bits per heavy atom. The molecule has 1 aliphatic heterocycles. The molecule has 1 amide bonds. The molecule has 1 N–H and O–H groups in total. The van der Waals surface area contributed by atoms with Crippen LogP contribution in [0.3, 0.4) is 0 Å². The molecular formula is C17H25NO2S. The number of aryl methyl sites for hydroxylation is 1. The van der Waals surface area contributed by atoms with E-state index < -0.39 is 0 Å². The highest BCUT2D eigenvalue weighted by atomic mass is 32.2. The Kier molecular flexibility index (Phi) is 7.68. The quantitative estimate of drug-likeness (QED) is 0.750. The molecule has 0 spiro atoms. The zero-order chi connectivity index (χ0) is 14.8. The van der Waals surface area contributed by atoms with Crippen molar-refractivity contribution in [1.82, 2.24) is 5.32 Å². The van der Waals surface area contributed by atoms with E-state index in [0.717, 1.165) is 51.2 Å². The summed E-state index contributed by atoms with van der Waals surface area (Å²) in [5.74, 6) is 1.19. The lowest BCUT2D eigenvalue weighted by Crippen LogP contribution is -2.26. The summed E-state index contributed by atoms with van der Waals surface area (Å²) in [6.45, 7) is 2.57. The lowest BCUT2D eigenvalue weighted by atomic mass is 10.1. The topological polar surface area (TPSA) is 38.3 Å². The summed E-state index contributed by atoms with van der Waals surface area (Å²) < 4.78 is 5.34. The van der Waals surface area contributed by atoms with Crippen molar-refractivity contribution in [2.75, 3.05) is 25.5 Å². The number of carbonyl (C=O) groups excluding carboxylic acids is 1. The molecule has 1 saturated heterocycles. The van der Waals surface area contributed by atoms with Crippen molar-refractivity contribution in [3.05, 3.63) is 35.9 Å². The minimum atomic E-state index is 0.179. The van der Waals surface area contributed by atoms with Crippen LogP contribution in [-0.2, 0) is 16.0 Å². The summed E-state index contributed by atoms with van der Waals surface area (Å²) in [5.41, 5.74) is 1.31. The van der Waals surface area contributed by atoms with Gasteiger partial charge in [-0.15, -0.1) is 0 Å². The van der Waals surface area contributed by atoms with Crippen LogP contribution in [-0.4, -0.2) is 36.7 Å². The highest BCUT2D eigenvalue weighted by molar-refractivity contribution is 7.99. The van der Waals surface area contributed by atoms with Crippen LogP contribution < -0.4 is 5.32 Å². The molecule has 1 aromatic rings. The Balaban J connectivity index is 1.47. The molecule has 0 radical (unpaired) electrons. The largest absolute Gasteiger partial charge is 0.381 e. The van der Waals surface area contributed by atoms with Gasteiger partial charge in [-0.3, -0.25) is 4.79 Å². The number of hydrogen-bond donors (Lipinski definition) is 1. The number of benzene rings is 1. The predicted octanol–water partition coefficient (Wildman–Crippen LogP) is 3.04. The fourth-order valence-corrected chi connectivity index (χ4v) is 3.52. The molecule has 1 aromatic carbocycles. The van der Waals surface area contributed by atoms with E-state index in [0.29, 0.717) is 11.7 Å². The zero-order valence-corrected chi connectivity index (χ0v) is 13.4. The van der Waals surface area contributed by atoms with Gasteiger partial charge in [-0.25, -0.2) is 0 Å². The fraction of sp³-hybridized carbons (Fsp3) is 0.588. The Morgan fingerprint density at radius 1 is 1.24 bits per heavy atom. The average Bonchev–Trinajstić information content (AvgIpc) is 2.54. The van der Waals surface area contributed by atoms with Crippen LogP contribution in [0.15, 0.2) is 30.3 Å². The standard InChI is InChI=1S/C17H25NO2S/c19-17(8-4-7-15-5-2-1-3-6-15)18-11-14-21-16-9-12-20-13-10-16/h1-3,5-6,16H,4,7-14H2,(H,18,19). The number of hydrogen-bond acceptors (Lipinski definition) is 3. The van der Waals surface area contributed by atoms with Crippen LogP contribution in [0.2, 0.25) is 0 Å². The molecule has 0 atom stereocenters. The van der Waals surface area contributed by atoms with E-state index >= 15 is 0 Å². The molecule has 0 saturated carbocycles. The molecule has 1 heterocycles. The molecule has 21 heavy (non-hydrogen) atoms. The van der Waals surface area contributed by atoms with Crippen molar-refractivity contribution in [1.29, 1.82) is 0 Å². The number of amides is 1. The molecular weight excluding hydrogens is 282 g/mol. The molecule has 3 nitrogen and oxygen atoms in total. The van der Waals surface area contributed by atoms with E-state index in [1.807, 2.05) is 30.0 Å². The number of ether oxygens (including phenoxy) is 1. The van der Waals surface area contributed by atoms with Crippen LogP contribution in [0.5, 0.6) is 0 Å². The van der Waals surface area contributed by atoms with E-state index in [1.54, 1.807) is 0 Å². The number of thioether (sulfide) groups is 1. The van der Waals surface area contributed by atoms with Crippen molar-refractivity contribution < 1.29 is 9.53 Å². The Morgan fingerprint density at radius 2 is 2.00 bits per heavy atom. The molecule has 2 rings (SSSR count). The number of rotatable bonds is 8. The van der Waals surface area contributed by atoms with Crippen molar-refractivity contribution in [3.8, 4) is 0 Å². The van der Waals surface area contributed by atoms with Gasteiger partial charge in [-0.05, 0) is 31.2 Å². The van der Waals surface area contributed by atoms with Gasteiger partial charge in [0.15, 0.2) is 0 Å². The maximum Gasteiger partial charge on any atom is 0.220 e. The third-order valence-corrected chi connectivity index (χ3v) is 5.04. The molecule has 1 aliphatic rings. The molecule has 1 fully saturated rings. The summed E-state index contributed by atoms with van der Waals surface area (Å²) in [7, 11) is 0. The van der Waals surface area contributed by atoms with Gasteiger partial charge in [0, 0.05) is 37.2 Å². The fourth-order valence-electron chi connectivity index (χ4n) is 2.44. The summed E-state index contributed by atoms with van der Waals surface area (Å²) in [6, 6.07) is 10.3. The Labute approximate surface area is 131 Å². The maximum atomic E-state index is 11.7. The van der Waals surface area contributed by atoms with Gasteiger partial charge < -0.3 is 10.1 Å². The Bertz CT molecular complexity index is 405. The molecule has 116 valence electrons. The minimum Gasteiger partial charge on any atom is -0.381 e. The van der Waals surface area contributed by atoms with E-state index in [2.05, 4.69) is 17.4 Å². The van der Waals surface area contributed by atoms with Crippen LogP contribution in [0.25, 0.3) is 0 Å². The van der Waals surface area contributed by atoms with Crippen LogP contribution in [0, 0.1) is 0 Å². The number of nitrogens with one attached hydrogen (secondary N) is 1. The van der Waals surface area contributed by atoms with Crippen molar-refractivity contribution in [2.24, 2.45) is 0 Å². The second-order valence-electron chi connectivity index (χ2n) is 5.37. The Hall–Kier alpha value is -1.00. The van der Waals surface area contributed by atoms with Gasteiger partial charge in [-0.2, -0.15) is 11.8 Å². The lowest BCUT2D eigenvalue weighted by Gasteiger charge is -2.21. The average molecular weight is 307 g/mol. The van der Waals surface area contributed by atoms with Gasteiger partial charge in [-0.1, -0.05) is 30.3 Å². The molecule has 4 heteroatoms. The van der Waals surface area contributed by atoms with E-state index in [4.69, 9.17) is 4.74 Å². The van der Waals surface area contributed by atoms with Crippen LogP contribution in [0.1, 0.15) is 31.2 Å². The first-order chi connectivity index (χ1) is 10.3. The third kappa shape index (κ3) is 7.00. The first-order valence-electron chi connectivity index (χ1n) is 7.84. The minimum absolute atomic E-state index is 0.179. The first kappa shape index (κ1) is 16.4. The smallest absolute Gasteiger partial charge is 0.220 e. The van der Waals surface area contributed by atoms with Crippen molar-refractivity contribution in [2.45, 2.75) is 37.4 Å². The molecule has 0 unspecified atom stereocenters. The molecule has 0 bridgehead atoms. The SMILES string of the molecule is O=C(CCCc1ccccc1)NCCSC1CCOCC1. The normalized spacial score (nSPS) is 15.8.